The van der Waals surface area contributed by atoms with Gasteiger partial charge in [-0.3, -0.25) is 0 Å². The molecule has 0 bridgehead atoms. The van der Waals surface area contributed by atoms with Gasteiger partial charge in [0.15, 0.2) is 0 Å². The van der Waals surface area contributed by atoms with E-state index in [0.717, 1.165) is 6.42 Å². The Morgan fingerprint density at radius 1 is 0.929 bits per heavy atom. The van der Waals surface area contributed by atoms with Crippen molar-refractivity contribution in [3.8, 4) is 0 Å². The van der Waals surface area contributed by atoms with E-state index in [0.29, 0.717) is 0 Å². The lowest BCUT2D eigenvalue weighted by atomic mass is 10.0. The number of rotatable bonds is 7. The van der Waals surface area contributed by atoms with Gasteiger partial charge in [-0.25, -0.2) is 0 Å². The van der Waals surface area contributed by atoms with Crippen molar-refractivity contribution in [2.45, 2.75) is 66.2 Å². The van der Waals surface area contributed by atoms with E-state index < -0.39 is 0 Å². The second kappa shape index (κ2) is 9.05. The summed E-state index contributed by atoms with van der Waals surface area (Å²) in [5.74, 6) is 0. The Morgan fingerprint density at radius 2 is 1.57 bits per heavy atom. The van der Waals surface area contributed by atoms with E-state index in [4.69, 9.17) is 0 Å². The van der Waals surface area contributed by atoms with Crippen molar-refractivity contribution in [2.24, 2.45) is 0 Å². The smallest absolute Gasteiger partial charge is 0.0285 e. The summed E-state index contributed by atoms with van der Waals surface area (Å²) in [7, 11) is 0. The van der Waals surface area contributed by atoms with Gasteiger partial charge in [-0.05, 0) is 25.7 Å². The molecule has 0 spiro atoms. The predicted molar refractivity (Wildman–Crippen MR) is 66.6 cm³/mol. The van der Waals surface area contributed by atoms with E-state index in [1.54, 1.807) is 11.1 Å². The Hall–Kier alpha value is -0.520. The third kappa shape index (κ3) is 6.01. The summed E-state index contributed by atoms with van der Waals surface area (Å²) in [6.07, 6.45) is 12.2. The molecule has 0 N–H and O–H groups in total. The summed E-state index contributed by atoms with van der Waals surface area (Å²) < 4.78 is 0. The zero-order valence-corrected chi connectivity index (χ0v) is 10.4. The average Bonchev–Trinajstić information content (AvgIpc) is 2.18. The largest absolute Gasteiger partial charge is 0.0816 e. The Labute approximate surface area is 90.1 Å². The second-order valence-electron chi connectivity index (χ2n) is 3.84. The van der Waals surface area contributed by atoms with Crippen LogP contribution in [0.1, 0.15) is 66.2 Å². The SMILES string of the molecule is CC/C=C(/C=C(/CC)CCC)CCC. The molecule has 0 radical (unpaired) electrons. The van der Waals surface area contributed by atoms with E-state index in [1.165, 1.54) is 32.1 Å². The quantitative estimate of drug-likeness (QED) is 0.485. The molecular formula is C14H26. The lowest BCUT2D eigenvalue weighted by molar-refractivity contribution is 0.847. The molecule has 0 saturated carbocycles. The molecule has 0 aliphatic rings. The molecule has 0 amide bonds. The third-order valence-electron chi connectivity index (χ3n) is 2.42. The monoisotopic (exact) mass is 194 g/mol. The van der Waals surface area contributed by atoms with Crippen LogP contribution < -0.4 is 0 Å². The molecule has 0 atom stereocenters. The van der Waals surface area contributed by atoms with Crippen LogP contribution in [0.25, 0.3) is 0 Å². The van der Waals surface area contributed by atoms with Gasteiger partial charge in [-0.2, -0.15) is 0 Å². The summed E-state index contributed by atoms with van der Waals surface area (Å²) in [6, 6.07) is 0. The first-order chi connectivity index (χ1) is 6.78. The van der Waals surface area contributed by atoms with Crippen LogP contribution in [0.5, 0.6) is 0 Å². The standard InChI is InChI=1S/C14H26/c1-5-9-13(8-4)12-14(10-6-2)11-7-3/h10,12H,5-9,11H2,1-4H3/b13-12-,14-10+. The summed E-state index contributed by atoms with van der Waals surface area (Å²) in [5, 5.41) is 0. The van der Waals surface area contributed by atoms with Crippen molar-refractivity contribution >= 4 is 0 Å². The van der Waals surface area contributed by atoms with Gasteiger partial charge < -0.3 is 0 Å². The minimum absolute atomic E-state index is 1.16. The van der Waals surface area contributed by atoms with Crippen molar-refractivity contribution in [3.63, 3.8) is 0 Å². The van der Waals surface area contributed by atoms with Crippen molar-refractivity contribution in [1.82, 2.24) is 0 Å². The zero-order valence-electron chi connectivity index (χ0n) is 10.4. The maximum absolute atomic E-state index is 2.43. The molecule has 0 heterocycles. The summed E-state index contributed by atoms with van der Waals surface area (Å²) >= 11 is 0. The molecule has 0 aliphatic carbocycles. The van der Waals surface area contributed by atoms with E-state index >= 15 is 0 Å². The van der Waals surface area contributed by atoms with Crippen LogP contribution >= 0.6 is 0 Å². The van der Waals surface area contributed by atoms with Gasteiger partial charge >= 0.3 is 0 Å². The highest BCUT2D eigenvalue weighted by atomic mass is 14.0. The Bertz CT molecular complexity index is 184. The fraction of sp³-hybridized carbons (Fsp3) is 0.714. The first-order valence-electron chi connectivity index (χ1n) is 6.16. The lowest BCUT2D eigenvalue weighted by Crippen LogP contribution is -1.85. The molecule has 0 unspecified atom stereocenters. The van der Waals surface area contributed by atoms with Gasteiger partial charge in [0.1, 0.15) is 0 Å². The summed E-state index contributed by atoms with van der Waals surface area (Å²) in [6.45, 7) is 8.99. The molecule has 0 fully saturated rings. The molecule has 14 heavy (non-hydrogen) atoms. The van der Waals surface area contributed by atoms with Crippen molar-refractivity contribution in [2.75, 3.05) is 0 Å². The molecule has 0 nitrogen and oxygen atoms in total. The fourth-order valence-electron chi connectivity index (χ4n) is 1.72. The number of hydrogen-bond donors (Lipinski definition) is 0. The van der Waals surface area contributed by atoms with Crippen molar-refractivity contribution < 1.29 is 0 Å². The highest BCUT2D eigenvalue weighted by Gasteiger charge is 1.96. The first-order valence-corrected chi connectivity index (χ1v) is 6.16. The van der Waals surface area contributed by atoms with Gasteiger partial charge in [-0.15, -0.1) is 0 Å². The normalized spacial score (nSPS) is 13.4. The Balaban J connectivity index is 4.41. The van der Waals surface area contributed by atoms with E-state index in [-0.39, 0.29) is 0 Å². The second-order valence-corrected chi connectivity index (χ2v) is 3.84. The van der Waals surface area contributed by atoms with Crippen LogP contribution in [-0.4, -0.2) is 0 Å². The molecule has 0 aromatic carbocycles. The Kier molecular flexibility index (Phi) is 8.72. The Morgan fingerprint density at radius 3 is 2.00 bits per heavy atom. The molecule has 0 heteroatoms. The fourth-order valence-corrected chi connectivity index (χ4v) is 1.72. The summed E-state index contributed by atoms with van der Waals surface area (Å²) in [4.78, 5) is 0. The van der Waals surface area contributed by atoms with Crippen LogP contribution in [-0.2, 0) is 0 Å². The van der Waals surface area contributed by atoms with Gasteiger partial charge in [-0.1, -0.05) is 63.8 Å². The van der Waals surface area contributed by atoms with Crippen LogP contribution in [0, 0.1) is 0 Å². The molecule has 0 aromatic rings. The van der Waals surface area contributed by atoms with Gasteiger partial charge in [0.25, 0.3) is 0 Å². The molecular weight excluding hydrogens is 168 g/mol. The van der Waals surface area contributed by atoms with Crippen molar-refractivity contribution in [3.05, 3.63) is 23.3 Å². The van der Waals surface area contributed by atoms with E-state index in [2.05, 4.69) is 39.8 Å². The zero-order chi connectivity index (χ0) is 10.8. The third-order valence-corrected chi connectivity index (χ3v) is 2.42. The molecule has 0 saturated heterocycles. The maximum atomic E-state index is 2.43. The predicted octanol–water partition coefficient (Wildman–Crippen LogP) is 5.26. The van der Waals surface area contributed by atoms with Crippen molar-refractivity contribution in [1.29, 1.82) is 0 Å². The number of hydrogen-bond acceptors (Lipinski definition) is 0. The van der Waals surface area contributed by atoms with Gasteiger partial charge in [0.2, 0.25) is 0 Å². The minimum atomic E-state index is 1.16. The average molecular weight is 194 g/mol. The number of allylic oxidation sites excluding steroid dienone is 4. The van der Waals surface area contributed by atoms with E-state index in [1.807, 2.05) is 0 Å². The molecule has 0 rings (SSSR count). The topological polar surface area (TPSA) is 0 Å². The van der Waals surface area contributed by atoms with Crippen LogP contribution in [0.3, 0.4) is 0 Å². The molecule has 82 valence electrons. The highest BCUT2D eigenvalue weighted by Crippen LogP contribution is 2.16. The molecule has 0 aromatic heterocycles. The minimum Gasteiger partial charge on any atom is -0.0816 e. The molecule has 0 aliphatic heterocycles. The van der Waals surface area contributed by atoms with Crippen LogP contribution in [0.15, 0.2) is 23.3 Å². The highest BCUT2D eigenvalue weighted by molar-refractivity contribution is 5.23. The van der Waals surface area contributed by atoms with E-state index in [9.17, 15) is 0 Å². The summed E-state index contributed by atoms with van der Waals surface area (Å²) in [5.41, 5.74) is 3.15. The van der Waals surface area contributed by atoms with Gasteiger partial charge in [0.05, 0.1) is 0 Å². The van der Waals surface area contributed by atoms with Crippen LogP contribution in [0.2, 0.25) is 0 Å². The van der Waals surface area contributed by atoms with Gasteiger partial charge in [0, 0.05) is 0 Å². The first kappa shape index (κ1) is 13.5. The maximum Gasteiger partial charge on any atom is -0.0285 e. The van der Waals surface area contributed by atoms with Crippen LogP contribution in [0.4, 0.5) is 0 Å². The lowest BCUT2D eigenvalue weighted by Gasteiger charge is -2.05.